The van der Waals surface area contributed by atoms with Crippen LogP contribution in [0.25, 0.3) is 0 Å². The van der Waals surface area contributed by atoms with Gasteiger partial charge in [-0.2, -0.15) is 0 Å². The summed E-state index contributed by atoms with van der Waals surface area (Å²) in [6.07, 6.45) is 4.86. The van der Waals surface area contributed by atoms with E-state index in [9.17, 15) is 9.18 Å². The van der Waals surface area contributed by atoms with Crippen LogP contribution in [0.4, 0.5) is 4.39 Å². The van der Waals surface area contributed by atoms with Crippen LogP contribution in [0.5, 0.6) is 0 Å². The van der Waals surface area contributed by atoms with E-state index in [1.165, 1.54) is 6.07 Å². The first-order valence-corrected chi connectivity index (χ1v) is 9.55. The Morgan fingerprint density at radius 3 is 2.72 bits per heavy atom. The van der Waals surface area contributed by atoms with Gasteiger partial charge < -0.3 is 4.90 Å². The smallest absolute Gasteiger partial charge is 0.241 e. The molecule has 2 aliphatic rings. The first-order chi connectivity index (χ1) is 12.0. The molecule has 0 aromatic heterocycles. The summed E-state index contributed by atoms with van der Waals surface area (Å²) in [5.41, 5.74) is 7.51. The summed E-state index contributed by atoms with van der Waals surface area (Å²) < 4.78 is 13.3. The number of hydrogen-bond donors (Lipinski definition) is 2. The highest BCUT2D eigenvalue weighted by molar-refractivity contribution is 5.82. The highest BCUT2D eigenvalue weighted by atomic mass is 19.1. The molecular formula is C20H30FN3O. The number of carbonyl (C=O) groups is 1. The molecule has 1 aromatic rings. The van der Waals surface area contributed by atoms with E-state index < -0.39 is 0 Å². The van der Waals surface area contributed by atoms with Gasteiger partial charge in [0.05, 0.1) is 0 Å². The lowest BCUT2D eigenvalue weighted by Crippen LogP contribution is -2.48. The number of nitrogens with zero attached hydrogens (tertiary/aromatic N) is 1. The number of carbonyl (C=O) groups excluding carboxylic acids is 1. The Morgan fingerprint density at radius 2 is 2.04 bits per heavy atom. The van der Waals surface area contributed by atoms with Gasteiger partial charge >= 0.3 is 0 Å². The number of hydrogen-bond acceptors (Lipinski definition) is 3. The van der Waals surface area contributed by atoms with Crippen LogP contribution < -0.4 is 10.9 Å². The predicted octanol–water partition coefficient (Wildman–Crippen LogP) is 2.89. The van der Waals surface area contributed by atoms with Crippen molar-refractivity contribution in [2.45, 2.75) is 58.0 Å². The summed E-state index contributed by atoms with van der Waals surface area (Å²) in [7, 11) is 0. The van der Waals surface area contributed by atoms with Crippen molar-refractivity contribution in [1.82, 2.24) is 15.8 Å². The Hall–Kier alpha value is -1.46. The van der Waals surface area contributed by atoms with E-state index >= 15 is 0 Å². The molecule has 2 fully saturated rings. The van der Waals surface area contributed by atoms with Crippen LogP contribution in [0.2, 0.25) is 0 Å². The number of nitrogens with one attached hydrogen (secondary N) is 2. The molecule has 2 N–H and O–H groups in total. The molecule has 2 atom stereocenters. The summed E-state index contributed by atoms with van der Waals surface area (Å²) in [5, 5.41) is 0. The van der Waals surface area contributed by atoms with E-state index in [1.54, 1.807) is 12.1 Å². The summed E-state index contributed by atoms with van der Waals surface area (Å²) in [6, 6.07) is 7.17. The van der Waals surface area contributed by atoms with Crippen LogP contribution in [0.1, 0.15) is 45.1 Å². The maximum Gasteiger partial charge on any atom is 0.241 e. The average Bonchev–Trinajstić information content (AvgIpc) is 3.02. The number of piperidine rings is 1. The first-order valence-electron chi connectivity index (χ1n) is 9.55. The van der Waals surface area contributed by atoms with E-state index in [2.05, 4.69) is 24.7 Å². The molecule has 1 aromatic carbocycles. The fourth-order valence-corrected chi connectivity index (χ4v) is 4.08. The van der Waals surface area contributed by atoms with Crippen LogP contribution in [-0.2, 0) is 11.2 Å². The molecule has 2 heterocycles. The van der Waals surface area contributed by atoms with Gasteiger partial charge in [-0.25, -0.2) is 9.82 Å². The third kappa shape index (κ3) is 5.02. The van der Waals surface area contributed by atoms with Crippen molar-refractivity contribution in [2.75, 3.05) is 13.1 Å². The molecule has 0 saturated carbocycles. The van der Waals surface area contributed by atoms with E-state index in [0.29, 0.717) is 17.9 Å². The summed E-state index contributed by atoms with van der Waals surface area (Å²) in [4.78, 5) is 14.7. The van der Waals surface area contributed by atoms with E-state index in [4.69, 9.17) is 0 Å². The number of likely N-dealkylation sites (tertiary alicyclic amines) is 1. The third-order valence-electron chi connectivity index (χ3n) is 5.38. The molecule has 0 radical (unpaired) electrons. The van der Waals surface area contributed by atoms with Crippen molar-refractivity contribution in [2.24, 2.45) is 11.8 Å². The zero-order valence-corrected chi connectivity index (χ0v) is 15.3. The highest BCUT2D eigenvalue weighted by Gasteiger charge is 2.33. The maximum atomic E-state index is 13.3. The molecule has 2 saturated heterocycles. The minimum Gasteiger partial charge on any atom is -0.341 e. The van der Waals surface area contributed by atoms with Gasteiger partial charge in [0.2, 0.25) is 5.91 Å². The number of hydrazine groups is 1. The Morgan fingerprint density at radius 1 is 1.28 bits per heavy atom. The first kappa shape index (κ1) is 18.3. The second-order valence-corrected chi connectivity index (χ2v) is 8.01. The average molecular weight is 347 g/mol. The van der Waals surface area contributed by atoms with Crippen molar-refractivity contribution >= 4 is 5.91 Å². The van der Waals surface area contributed by atoms with Crippen LogP contribution in [-0.4, -0.2) is 36.0 Å². The normalized spacial score (nSPS) is 24.9. The van der Waals surface area contributed by atoms with Gasteiger partial charge in [0.15, 0.2) is 0 Å². The van der Waals surface area contributed by atoms with Gasteiger partial charge in [-0.05, 0) is 61.6 Å². The molecule has 2 unspecified atom stereocenters. The van der Waals surface area contributed by atoms with Gasteiger partial charge in [-0.15, -0.1) is 0 Å². The molecule has 0 aliphatic carbocycles. The van der Waals surface area contributed by atoms with Gasteiger partial charge in [-0.3, -0.25) is 10.2 Å². The fraction of sp³-hybridized carbons (Fsp3) is 0.650. The maximum absolute atomic E-state index is 13.3. The lowest BCUT2D eigenvalue weighted by atomic mass is 9.89. The molecule has 3 rings (SSSR count). The SMILES string of the molecule is CC(C)CC1CC(C(=O)N2CCC(Cc3cccc(F)c3)CC2)NN1. The van der Waals surface area contributed by atoms with Crippen LogP contribution >= 0.6 is 0 Å². The number of halogens is 1. The molecule has 5 heteroatoms. The van der Waals surface area contributed by atoms with E-state index in [0.717, 1.165) is 50.8 Å². The Balaban J connectivity index is 1.45. The van der Waals surface area contributed by atoms with Crippen molar-refractivity contribution in [3.8, 4) is 0 Å². The largest absolute Gasteiger partial charge is 0.341 e. The lowest BCUT2D eigenvalue weighted by molar-refractivity contribution is -0.134. The van der Waals surface area contributed by atoms with E-state index in [1.807, 2.05) is 11.0 Å². The predicted molar refractivity (Wildman–Crippen MR) is 97.3 cm³/mol. The second kappa shape index (κ2) is 8.28. The Kier molecular flexibility index (Phi) is 6.07. The summed E-state index contributed by atoms with van der Waals surface area (Å²) in [6.45, 7) is 6.04. The lowest BCUT2D eigenvalue weighted by Gasteiger charge is -2.33. The minimum absolute atomic E-state index is 0.0940. The monoisotopic (exact) mass is 347 g/mol. The minimum atomic E-state index is -0.166. The van der Waals surface area contributed by atoms with Gasteiger partial charge in [0.25, 0.3) is 0 Å². The van der Waals surface area contributed by atoms with Crippen molar-refractivity contribution in [3.63, 3.8) is 0 Å². The Labute approximate surface area is 150 Å². The van der Waals surface area contributed by atoms with Gasteiger partial charge in [0.1, 0.15) is 11.9 Å². The number of rotatable bonds is 5. The van der Waals surface area contributed by atoms with Crippen LogP contribution in [0.3, 0.4) is 0 Å². The molecule has 138 valence electrons. The molecule has 4 nitrogen and oxygen atoms in total. The quantitative estimate of drug-likeness (QED) is 0.861. The van der Waals surface area contributed by atoms with E-state index in [-0.39, 0.29) is 17.8 Å². The van der Waals surface area contributed by atoms with Crippen molar-refractivity contribution < 1.29 is 9.18 Å². The van der Waals surface area contributed by atoms with Gasteiger partial charge in [-0.1, -0.05) is 26.0 Å². The fourth-order valence-electron chi connectivity index (χ4n) is 4.08. The topological polar surface area (TPSA) is 44.4 Å². The zero-order chi connectivity index (χ0) is 17.8. The summed E-state index contributed by atoms with van der Waals surface area (Å²) in [5.74, 6) is 1.23. The molecule has 25 heavy (non-hydrogen) atoms. The molecular weight excluding hydrogens is 317 g/mol. The molecule has 2 aliphatic heterocycles. The molecule has 1 amide bonds. The van der Waals surface area contributed by atoms with Crippen LogP contribution in [0.15, 0.2) is 24.3 Å². The number of amides is 1. The third-order valence-corrected chi connectivity index (χ3v) is 5.38. The van der Waals surface area contributed by atoms with Crippen LogP contribution in [0, 0.1) is 17.7 Å². The Bertz CT molecular complexity index is 584. The summed E-state index contributed by atoms with van der Waals surface area (Å²) >= 11 is 0. The molecule has 0 spiro atoms. The molecule has 0 bridgehead atoms. The number of benzene rings is 1. The van der Waals surface area contributed by atoms with Gasteiger partial charge in [0, 0.05) is 19.1 Å². The van der Waals surface area contributed by atoms with Crippen molar-refractivity contribution in [1.29, 1.82) is 0 Å². The highest BCUT2D eigenvalue weighted by Crippen LogP contribution is 2.24. The van der Waals surface area contributed by atoms with Crippen molar-refractivity contribution in [3.05, 3.63) is 35.6 Å². The zero-order valence-electron chi connectivity index (χ0n) is 15.3. The second-order valence-electron chi connectivity index (χ2n) is 8.01. The standard InChI is InChI=1S/C20H30FN3O/c1-14(2)10-18-13-19(23-22-18)20(25)24-8-6-15(7-9-24)11-16-4-3-5-17(21)12-16/h3-5,12,14-15,18-19,22-23H,6-11,13H2,1-2H3.